The summed E-state index contributed by atoms with van der Waals surface area (Å²) < 4.78 is 1.80. The first-order valence-corrected chi connectivity index (χ1v) is 9.43. The Morgan fingerprint density at radius 2 is 1.61 bits per heavy atom. The molecular weight excluding hydrogens is 372 g/mol. The van der Waals surface area contributed by atoms with Crippen LogP contribution in [0, 0.1) is 0 Å². The minimum absolute atomic E-state index is 0. The van der Waals surface area contributed by atoms with E-state index < -0.39 is 0 Å². The first-order valence-electron chi connectivity index (χ1n) is 9.43. The highest BCUT2D eigenvalue weighted by atomic mass is 35.5. The van der Waals surface area contributed by atoms with Crippen molar-refractivity contribution in [3.8, 4) is 16.9 Å². The lowest BCUT2D eigenvalue weighted by molar-refractivity contribution is 0.0708. The molecule has 4 rings (SSSR count). The van der Waals surface area contributed by atoms with Crippen LogP contribution >= 0.6 is 12.4 Å². The number of amides is 1. The van der Waals surface area contributed by atoms with Gasteiger partial charge in [-0.1, -0.05) is 48.5 Å². The fourth-order valence-corrected chi connectivity index (χ4v) is 3.59. The molecule has 0 aliphatic carbocycles. The number of hydrogen-bond donors (Lipinski definition) is 1. The number of hydrogen-bond acceptors (Lipinski definition) is 3. The lowest BCUT2D eigenvalue weighted by atomic mass is 10.0. The maximum absolute atomic E-state index is 13.3. The molecule has 1 amide bonds. The highest BCUT2D eigenvalue weighted by molar-refractivity contribution is 6.00. The van der Waals surface area contributed by atoms with Gasteiger partial charge in [-0.05, 0) is 32.0 Å². The number of piperidine rings is 1. The number of nitrogens with one attached hydrogen (secondary N) is 1. The summed E-state index contributed by atoms with van der Waals surface area (Å²) in [7, 11) is 1.99. The third-order valence-electron chi connectivity index (χ3n) is 5.20. The van der Waals surface area contributed by atoms with Crippen LogP contribution in [0.3, 0.4) is 0 Å². The van der Waals surface area contributed by atoms with Crippen LogP contribution in [0.4, 0.5) is 0 Å². The van der Waals surface area contributed by atoms with Gasteiger partial charge in [0.2, 0.25) is 0 Å². The number of aromatic nitrogens is 2. The van der Waals surface area contributed by atoms with Crippen molar-refractivity contribution in [1.82, 2.24) is 20.0 Å². The number of likely N-dealkylation sites (tertiary alicyclic amines) is 1. The monoisotopic (exact) mass is 396 g/mol. The van der Waals surface area contributed by atoms with Crippen LogP contribution in [0.2, 0.25) is 0 Å². The molecule has 28 heavy (non-hydrogen) atoms. The number of carbonyl (C=O) groups excluding carboxylic acids is 1. The Labute approximate surface area is 171 Å². The summed E-state index contributed by atoms with van der Waals surface area (Å²) >= 11 is 0. The fourth-order valence-electron chi connectivity index (χ4n) is 3.59. The van der Waals surface area contributed by atoms with Crippen LogP contribution in [-0.4, -0.2) is 46.8 Å². The van der Waals surface area contributed by atoms with Crippen LogP contribution in [0.1, 0.15) is 23.2 Å². The number of benzene rings is 2. The lowest BCUT2D eigenvalue weighted by Gasteiger charge is -2.31. The van der Waals surface area contributed by atoms with E-state index in [1.165, 1.54) is 0 Å². The maximum Gasteiger partial charge on any atom is 0.257 e. The van der Waals surface area contributed by atoms with Gasteiger partial charge in [-0.2, -0.15) is 5.10 Å². The minimum atomic E-state index is 0. The zero-order valence-corrected chi connectivity index (χ0v) is 16.7. The van der Waals surface area contributed by atoms with Crippen molar-refractivity contribution in [2.24, 2.45) is 0 Å². The average molecular weight is 397 g/mol. The molecule has 146 valence electrons. The number of carbonyl (C=O) groups is 1. The molecule has 2 heterocycles. The summed E-state index contributed by atoms with van der Waals surface area (Å²) in [5, 5.41) is 8.07. The first kappa shape index (κ1) is 20.1. The van der Waals surface area contributed by atoms with Gasteiger partial charge in [-0.15, -0.1) is 12.4 Å². The Balaban J connectivity index is 0.00000225. The van der Waals surface area contributed by atoms with Crippen molar-refractivity contribution in [3.63, 3.8) is 0 Å². The van der Waals surface area contributed by atoms with E-state index in [4.69, 9.17) is 5.10 Å². The molecule has 1 aliphatic heterocycles. The van der Waals surface area contributed by atoms with Gasteiger partial charge in [0.05, 0.1) is 11.3 Å². The Kier molecular flexibility index (Phi) is 6.49. The number of nitrogens with zero attached hydrogens (tertiary/aromatic N) is 3. The van der Waals surface area contributed by atoms with Crippen molar-refractivity contribution < 1.29 is 4.79 Å². The summed E-state index contributed by atoms with van der Waals surface area (Å²) in [5.74, 6) is 0.0607. The van der Waals surface area contributed by atoms with Crippen LogP contribution < -0.4 is 5.32 Å². The van der Waals surface area contributed by atoms with Gasteiger partial charge in [-0.25, -0.2) is 4.68 Å². The lowest BCUT2D eigenvalue weighted by Crippen LogP contribution is -2.44. The highest BCUT2D eigenvalue weighted by Gasteiger charge is 2.26. The van der Waals surface area contributed by atoms with Gasteiger partial charge in [-0.3, -0.25) is 4.79 Å². The molecule has 0 saturated carbocycles. The van der Waals surface area contributed by atoms with Crippen molar-refractivity contribution in [3.05, 3.63) is 72.4 Å². The number of halogens is 1. The summed E-state index contributed by atoms with van der Waals surface area (Å²) in [4.78, 5) is 15.2. The molecule has 2 aromatic carbocycles. The van der Waals surface area contributed by atoms with E-state index in [9.17, 15) is 4.79 Å². The molecule has 0 spiro atoms. The van der Waals surface area contributed by atoms with Gasteiger partial charge in [0.1, 0.15) is 5.69 Å². The van der Waals surface area contributed by atoms with Crippen LogP contribution in [0.5, 0.6) is 0 Å². The van der Waals surface area contributed by atoms with Gasteiger partial charge in [0.15, 0.2) is 0 Å². The zero-order valence-electron chi connectivity index (χ0n) is 15.9. The average Bonchev–Trinajstić information content (AvgIpc) is 3.20. The molecule has 3 aromatic rings. The van der Waals surface area contributed by atoms with Gasteiger partial charge in [0, 0.05) is 30.9 Å². The minimum Gasteiger partial charge on any atom is -0.338 e. The summed E-state index contributed by atoms with van der Waals surface area (Å²) in [5.41, 5.74) is 3.30. The predicted molar refractivity (Wildman–Crippen MR) is 114 cm³/mol. The normalized spacial score (nSPS) is 14.5. The third-order valence-corrected chi connectivity index (χ3v) is 5.20. The molecule has 0 atom stereocenters. The van der Waals surface area contributed by atoms with Crippen LogP contribution in [-0.2, 0) is 0 Å². The largest absolute Gasteiger partial charge is 0.338 e. The molecule has 0 radical (unpaired) electrons. The first-order chi connectivity index (χ1) is 13.3. The van der Waals surface area contributed by atoms with Gasteiger partial charge in [0.25, 0.3) is 5.91 Å². The topological polar surface area (TPSA) is 50.2 Å². The predicted octanol–water partition coefficient (Wildman–Crippen LogP) is 3.79. The zero-order chi connectivity index (χ0) is 18.6. The molecule has 1 aromatic heterocycles. The highest BCUT2D eigenvalue weighted by Crippen LogP contribution is 2.26. The molecule has 1 aliphatic rings. The Morgan fingerprint density at radius 1 is 1.00 bits per heavy atom. The third kappa shape index (κ3) is 4.11. The van der Waals surface area contributed by atoms with Crippen molar-refractivity contribution >= 4 is 18.3 Å². The number of para-hydroxylation sites is 1. The molecule has 1 N–H and O–H groups in total. The smallest absolute Gasteiger partial charge is 0.257 e. The second kappa shape index (κ2) is 9.04. The van der Waals surface area contributed by atoms with Crippen molar-refractivity contribution in [1.29, 1.82) is 0 Å². The van der Waals surface area contributed by atoms with Crippen LogP contribution in [0.25, 0.3) is 16.9 Å². The fraction of sp³-hybridized carbons (Fsp3) is 0.273. The van der Waals surface area contributed by atoms with Crippen LogP contribution in [0.15, 0.2) is 66.9 Å². The molecule has 1 saturated heterocycles. The second-order valence-corrected chi connectivity index (χ2v) is 6.89. The van der Waals surface area contributed by atoms with E-state index in [0.29, 0.717) is 11.6 Å². The quantitative estimate of drug-likeness (QED) is 0.730. The number of rotatable bonds is 4. The maximum atomic E-state index is 13.3. The molecule has 6 heteroatoms. The summed E-state index contributed by atoms with van der Waals surface area (Å²) in [6.45, 7) is 1.55. The van der Waals surface area contributed by atoms with E-state index in [2.05, 4.69) is 5.32 Å². The van der Waals surface area contributed by atoms with E-state index >= 15 is 0 Å². The second-order valence-electron chi connectivity index (χ2n) is 6.89. The van der Waals surface area contributed by atoms with E-state index in [1.807, 2.05) is 78.8 Å². The molecule has 0 bridgehead atoms. The van der Waals surface area contributed by atoms with E-state index in [1.54, 1.807) is 4.68 Å². The van der Waals surface area contributed by atoms with Crippen molar-refractivity contribution in [2.45, 2.75) is 18.9 Å². The van der Waals surface area contributed by atoms with E-state index in [-0.39, 0.29) is 18.3 Å². The van der Waals surface area contributed by atoms with Gasteiger partial charge < -0.3 is 10.2 Å². The molecule has 1 fully saturated rings. The summed E-state index contributed by atoms with van der Waals surface area (Å²) in [6.07, 6.45) is 3.83. The van der Waals surface area contributed by atoms with Crippen molar-refractivity contribution in [2.75, 3.05) is 20.1 Å². The SMILES string of the molecule is CNC1CCN(C(=O)c2cn(-c3ccccc3)nc2-c2ccccc2)CC1.Cl. The molecule has 0 unspecified atom stereocenters. The Morgan fingerprint density at radius 3 is 2.21 bits per heavy atom. The standard InChI is InChI=1S/C22H24N4O.ClH/c1-23-18-12-14-25(15-13-18)22(27)20-16-26(19-10-6-3-7-11-19)24-21(20)17-8-4-2-5-9-17;/h2-11,16,18,23H,12-15H2,1H3;1H. The van der Waals surface area contributed by atoms with E-state index in [0.717, 1.165) is 42.9 Å². The Bertz CT molecular complexity index is 903. The Hall–Kier alpha value is -2.63. The molecular formula is C22H25ClN4O. The van der Waals surface area contributed by atoms with Gasteiger partial charge >= 0.3 is 0 Å². The molecule has 5 nitrogen and oxygen atoms in total. The summed E-state index contributed by atoms with van der Waals surface area (Å²) in [6, 6.07) is 20.3.